The predicted molar refractivity (Wildman–Crippen MR) is 94.6 cm³/mol. The summed E-state index contributed by atoms with van der Waals surface area (Å²) in [5.74, 6) is -1.29. The Hall–Kier alpha value is -2.47. The number of carbonyl (C=O) groups excluding carboxylic acids is 2. The van der Waals surface area contributed by atoms with Crippen LogP contribution >= 0.6 is 0 Å². The van der Waals surface area contributed by atoms with Gasteiger partial charge >= 0.3 is 5.97 Å². The van der Waals surface area contributed by atoms with E-state index in [1.807, 2.05) is 19.1 Å². The molecule has 0 unspecified atom stereocenters. The first-order chi connectivity index (χ1) is 11.9. The van der Waals surface area contributed by atoms with Gasteiger partial charge in [-0.05, 0) is 24.1 Å². The number of hydrogen-bond acceptors (Lipinski definition) is 5. The lowest BCUT2D eigenvalue weighted by Crippen LogP contribution is -2.17. The monoisotopic (exact) mass is 360 g/mol. The summed E-state index contributed by atoms with van der Waals surface area (Å²) in [6, 6.07) is 12.9. The fourth-order valence-electron chi connectivity index (χ4n) is 2.28. The molecule has 6 heteroatoms. The average molecular weight is 360 g/mol. The van der Waals surface area contributed by atoms with Gasteiger partial charge in [-0.3, -0.25) is 4.79 Å². The molecule has 0 aliphatic carbocycles. The Morgan fingerprint density at radius 2 is 1.60 bits per heavy atom. The lowest BCUT2D eigenvalue weighted by molar-refractivity contribution is 0.0471. The summed E-state index contributed by atoms with van der Waals surface area (Å²) in [7, 11) is -3.56. The van der Waals surface area contributed by atoms with E-state index < -0.39 is 22.4 Å². The molecular formula is C19H20O5S. The topological polar surface area (TPSA) is 77.5 Å². The van der Waals surface area contributed by atoms with Crippen LogP contribution in [-0.4, -0.2) is 32.5 Å². The minimum Gasteiger partial charge on any atom is -0.454 e. The van der Waals surface area contributed by atoms with Crippen molar-refractivity contribution in [2.75, 3.05) is 12.4 Å². The van der Waals surface area contributed by atoms with E-state index >= 15 is 0 Å². The summed E-state index contributed by atoms with van der Waals surface area (Å²) < 4.78 is 29.2. The standard InChI is InChI=1S/C19H20O5S/c1-3-14-9-11-15(12-10-14)17(20)13-24-19(21)16-7-5-6-8-18(16)25(22,23)4-2/h5-12H,3-4,13H2,1-2H3. The number of benzene rings is 2. The molecule has 0 heterocycles. The molecule has 0 aliphatic heterocycles. The van der Waals surface area contributed by atoms with E-state index in [-0.39, 0.29) is 22.0 Å². The van der Waals surface area contributed by atoms with Crippen LogP contribution < -0.4 is 0 Å². The fourth-order valence-corrected chi connectivity index (χ4v) is 3.36. The zero-order valence-electron chi connectivity index (χ0n) is 14.2. The van der Waals surface area contributed by atoms with Gasteiger partial charge in [-0.1, -0.05) is 50.2 Å². The molecule has 2 aromatic rings. The fraction of sp³-hybridized carbons (Fsp3) is 0.263. The third-order valence-corrected chi connectivity index (χ3v) is 5.63. The van der Waals surface area contributed by atoms with Crippen LogP contribution in [-0.2, 0) is 21.0 Å². The van der Waals surface area contributed by atoms with Crippen molar-refractivity contribution < 1.29 is 22.7 Å². The Balaban J connectivity index is 2.11. The van der Waals surface area contributed by atoms with E-state index in [4.69, 9.17) is 4.74 Å². The van der Waals surface area contributed by atoms with Crippen molar-refractivity contribution in [3.8, 4) is 0 Å². The minimum absolute atomic E-state index is 0.0570. The highest BCUT2D eigenvalue weighted by Crippen LogP contribution is 2.18. The van der Waals surface area contributed by atoms with Crippen molar-refractivity contribution in [1.29, 1.82) is 0 Å². The van der Waals surface area contributed by atoms with Crippen LogP contribution in [0.15, 0.2) is 53.4 Å². The molecule has 0 saturated carbocycles. The van der Waals surface area contributed by atoms with E-state index in [2.05, 4.69) is 0 Å². The summed E-state index contributed by atoms with van der Waals surface area (Å²) in [6.07, 6.45) is 0.867. The van der Waals surface area contributed by atoms with Crippen LogP contribution in [0.5, 0.6) is 0 Å². The SMILES string of the molecule is CCc1ccc(C(=O)COC(=O)c2ccccc2S(=O)(=O)CC)cc1. The van der Waals surface area contributed by atoms with Gasteiger partial charge in [-0.2, -0.15) is 0 Å². The number of ketones is 1. The van der Waals surface area contributed by atoms with E-state index in [9.17, 15) is 18.0 Å². The molecule has 25 heavy (non-hydrogen) atoms. The first-order valence-electron chi connectivity index (χ1n) is 8.00. The first kappa shape index (κ1) is 18.9. The second kappa shape index (κ2) is 8.07. The van der Waals surface area contributed by atoms with Crippen LogP contribution in [0.25, 0.3) is 0 Å². The Kier molecular flexibility index (Phi) is 6.09. The number of ether oxygens (including phenoxy) is 1. The zero-order valence-corrected chi connectivity index (χ0v) is 15.0. The van der Waals surface area contributed by atoms with Crippen LogP contribution in [0.3, 0.4) is 0 Å². The van der Waals surface area contributed by atoms with Gasteiger partial charge in [0.2, 0.25) is 0 Å². The smallest absolute Gasteiger partial charge is 0.339 e. The highest BCUT2D eigenvalue weighted by atomic mass is 32.2. The van der Waals surface area contributed by atoms with Gasteiger partial charge in [0.1, 0.15) is 0 Å². The molecule has 0 aliphatic rings. The number of Topliss-reactive ketones (excluding diaryl/α,β-unsaturated/α-hetero) is 1. The molecule has 0 radical (unpaired) electrons. The predicted octanol–water partition coefficient (Wildman–Crippen LogP) is 3.08. The molecule has 2 aromatic carbocycles. The maximum absolute atomic E-state index is 12.2. The summed E-state index contributed by atoms with van der Waals surface area (Å²) >= 11 is 0. The van der Waals surface area contributed by atoms with E-state index in [0.717, 1.165) is 12.0 Å². The molecule has 0 N–H and O–H groups in total. The van der Waals surface area contributed by atoms with Crippen LogP contribution in [0, 0.1) is 0 Å². The quantitative estimate of drug-likeness (QED) is 0.560. The Morgan fingerprint density at radius 1 is 0.960 bits per heavy atom. The number of rotatable bonds is 7. The van der Waals surface area contributed by atoms with Gasteiger partial charge in [0.15, 0.2) is 22.2 Å². The number of hydrogen-bond donors (Lipinski definition) is 0. The number of aryl methyl sites for hydroxylation is 1. The molecule has 132 valence electrons. The van der Waals surface area contributed by atoms with Gasteiger partial charge < -0.3 is 4.74 Å². The lowest BCUT2D eigenvalue weighted by Gasteiger charge is -2.09. The Bertz CT molecular complexity index is 867. The van der Waals surface area contributed by atoms with Gasteiger partial charge in [-0.25, -0.2) is 13.2 Å². The molecule has 2 rings (SSSR count). The van der Waals surface area contributed by atoms with Crippen molar-refractivity contribution in [2.45, 2.75) is 25.2 Å². The number of carbonyl (C=O) groups is 2. The van der Waals surface area contributed by atoms with Gasteiger partial charge in [0, 0.05) is 5.56 Å². The highest BCUT2D eigenvalue weighted by Gasteiger charge is 2.22. The van der Waals surface area contributed by atoms with Gasteiger partial charge in [0.05, 0.1) is 16.2 Å². The maximum Gasteiger partial charge on any atom is 0.339 e. The van der Waals surface area contributed by atoms with Crippen LogP contribution in [0.4, 0.5) is 0 Å². The van der Waals surface area contributed by atoms with E-state index in [0.29, 0.717) is 5.56 Å². The summed E-state index contributed by atoms with van der Waals surface area (Å²) in [5.41, 5.74) is 1.49. The molecule has 0 bridgehead atoms. The summed E-state index contributed by atoms with van der Waals surface area (Å²) in [6.45, 7) is 3.08. The largest absolute Gasteiger partial charge is 0.454 e. The van der Waals surface area contributed by atoms with E-state index in [1.54, 1.807) is 24.3 Å². The molecule has 5 nitrogen and oxygen atoms in total. The molecule has 0 atom stereocenters. The Morgan fingerprint density at radius 3 is 2.20 bits per heavy atom. The van der Waals surface area contributed by atoms with Gasteiger partial charge in [0.25, 0.3) is 0 Å². The number of esters is 1. The van der Waals surface area contributed by atoms with E-state index in [1.165, 1.54) is 19.1 Å². The third kappa shape index (κ3) is 4.54. The molecular weight excluding hydrogens is 340 g/mol. The summed E-state index contributed by atoms with van der Waals surface area (Å²) in [4.78, 5) is 24.3. The maximum atomic E-state index is 12.2. The zero-order chi connectivity index (χ0) is 18.4. The third-order valence-electron chi connectivity index (χ3n) is 3.84. The molecule has 0 saturated heterocycles. The van der Waals surface area contributed by atoms with Gasteiger partial charge in [-0.15, -0.1) is 0 Å². The number of sulfone groups is 1. The second-order valence-electron chi connectivity index (χ2n) is 5.45. The van der Waals surface area contributed by atoms with Crippen molar-refractivity contribution in [3.63, 3.8) is 0 Å². The average Bonchev–Trinajstić information content (AvgIpc) is 2.65. The normalized spacial score (nSPS) is 11.1. The van der Waals surface area contributed by atoms with Crippen molar-refractivity contribution in [2.24, 2.45) is 0 Å². The van der Waals surface area contributed by atoms with Crippen molar-refractivity contribution in [3.05, 3.63) is 65.2 Å². The van der Waals surface area contributed by atoms with Crippen molar-refractivity contribution in [1.82, 2.24) is 0 Å². The highest BCUT2D eigenvalue weighted by molar-refractivity contribution is 7.91. The minimum atomic E-state index is -3.56. The second-order valence-corrected chi connectivity index (χ2v) is 7.70. The molecule has 0 spiro atoms. The van der Waals surface area contributed by atoms with Crippen LogP contribution in [0.2, 0.25) is 0 Å². The molecule has 0 fully saturated rings. The molecule has 0 amide bonds. The molecule has 0 aromatic heterocycles. The Labute approximate surface area is 147 Å². The summed E-state index contributed by atoms with van der Waals surface area (Å²) in [5, 5.41) is 0. The lowest BCUT2D eigenvalue weighted by atomic mass is 10.1. The van der Waals surface area contributed by atoms with Crippen LogP contribution in [0.1, 0.15) is 40.1 Å². The van der Waals surface area contributed by atoms with Crippen molar-refractivity contribution >= 4 is 21.6 Å². The first-order valence-corrected chi connectivity index (χ1v) is 9.65.